The van der Waals surface area contributed by atoms with Gasteiger partial charge in [0.1, 0.15) is 0 Å². The molecule has 4 heteroatoms. The Morgan fingerprint density at radius 2 is 1.79 bits per heavy atom. The molecule has 0 aliphatic rings. The molecule has 0 fully saturated rings. The number of aryl methyl sites for hydroxylation is 1. The van der Waals surface area contributed by atoms with Gasteiger partial charge in [-0.25, -0.2) is 0 Å². The molecule has 0 aliphatic heterocycles. The van der Waals surface area contributed by atoms with Crippen LogP contribution in [-0.2, 0) is 6.42 Å². The summed E-state index contributed by atoms with van der Waals surface area (Å²) < 4.78 is 6.68. The van der Waals surface area contributed by atoms with Crippen molar-refractivity contribution < 1.29 is 4.52 Å². The van der Waals surface area contributed by atoms with E-state index in [1.807, 2.05) is 30.8 Å². The summed E-state index contributed by atoms with van der Waals surface area (Å²) in [5, 5.41) is 4.19. The predicted octanol–water partition coefficient (Wildman–Crippen LogP) is 6.38. The minimum atomic E-state index is 0.544. The lowest BCUT2D eigenvalue weighted by atomic mass is 9.98. The minimum Gasteiger partial charge on any atom is -0.356 e. The number of benzene rings is 2. The van der Waals surface area contributed by atoms with E-state index in [1.165, 1.54) is 10.5 Å². The largest absolute Gasteiger partial charge is 0.356 e. The number of halogens is 1. The van der Waals surface area contributed by atoms with Crippen LogP contribution in [0.4, 0.5) is 0 Å². The number of rotatable bonds is 6. The van der Waals surface area contributed by atoms with Crippen molar-refractivity contribution in [3.05, 3.63) is 70.3 Å². The van der Waals surface area contributed by atoms with E-state index in [1.54, 1.807) is 0 Å². The highest BCUT2D eigenvalue weighted by molar-refractivity contribution is 9.10. The van der Waals surface area contributed by atoms with E-state index in [0.29, 0.717) is 5.92 Å². The monoisotopic (exact) mass is 401 g/mol. The third-order valence-corrected chi connectivity index (χ3v) is 5.79. The molecule has 3 rings (SSSR count). The number of thioether (sulfide) groups is 1. The molecule has 0 bridgehead atoms. The van der Waals surface area contributed by atoms with Crippen LogP contribution in [0, 0.1) is 12.8 Å². The van der Waals surface area contributed by atoms with Crippen molar-refractivity contribution in [1.82, 2.24) is 5.16 Å². The lowest BCUT2D eigenvalue weighted by molar-refractivity contribution is 0.426. The maximum atomic E-state index is 5.61. The van der Waals surface area contributed by atoms with Crippen LogP contribution in [0.15, 0.2) is 68.5 Å². The fourth-order valence-corrected chi connectivity index (χ4v) is 3.83. The molecule has 2 nitrogen and oxygen atoms in total. The Hall–Kier alpha value is -1.52. The van der Waals surface area contributed by atoms with Gasteiger partial charge in [0.05, 0.1) is 5.69 Å². The molecule has 1 heterocycles. The first-order valence-corrected chi connectivity index (χ1v) is 9.80. The topological polar surface area (TPSA) is 26.0 Å². The average molecular weight is 402 g/mol. The molecule has 1 atom stereocenters. The van der Waals surface area contributed by atoms with Gasteiger partial charge in [-0.15, -0.1) is 11.8 Å². The van der Waals surface area contributed by atoms with E-state index >= 15 is 0 Å². The highest BCUT2D eigenvalue weighted by atomic mass is 79.9. The lowest BCUT2D eigenvalue weighted by Crippen LogP contribution is -2.04. The number of nitrogens with zero attached hydrogens (tertiary/aromatic N) is 1. The third kappa shape index (κ3) is 4.31. The van der Waals surface area contributed by atoms with Crippen LogP contribution in [-0.4, -0.2) is 10.9 Å². The van der Waals surface area contributed by atoms with Gasteiger partial charge in [0, 0.05) is 26.2 Å². The van der Waals surface area contributed by atoms with Crippen LogP contribution in [0.25, 0.3) is 11.3 Å². The van der Waals surface area contributed by atoms with Crippen LogP contribution in [0.1, 0.15) is 18.2 Å². The van der Waals surface area contributed by atoms with E-state index in [2.05, 4.69) is 70.5 Å². The van der Waals surface area contributed by atoms with Gasteiger partial charge >= 0.3 is 0 Å². The summed E-state index contributed by atoms with van der Waals surface area (Å²) in [4.78, 5) is 1.32. The second kappa shape index (κ2) is 8.04. The number of hydrogen-bond acceptors (Lipinski definition) is 3. The van der Waals surface area contributed by atoms with Gasteiger partial charge in [-0.2, -0.15) is 0 Å². The van der Waals surface area contributed by atoms with Crippen LogP contribution in [0.2, 0.25) is 0 Å². The summed E-state index contributed by atoms with van der Waals surface area (Å²) in [7, 11) is 0. The fourth-order valence-electron chi connectivity index (χ4n) is 2.62. The SMILES string of the molecule is Cc1noc(-c2ccc(Br)cc2)c1CC(C)CSc1ccccc1. The van der Waals surface area contributed by atoms with Crippen molar-refractivity contribution in [2.75, 3.05) is 5.75 Å². The molecule has 24 heavy (non-hydrogen) atoms. The molecule has 0 amide bonds. The maximum absolute atomic E-state index is 5.61. The average Bonchev–Trinajstić information content (AvgIpc) is 2.95. The summed E-state index contributed by atoms with van der Waals surface area (Å²) in [5.74, 6) is 2.52. The Kier molecular flexibility index (Phi) is 5.80. The highest BCUT2D eigenvalue weighted by Gasteiger charge is 2.17. The summed E-state index contributed by atoms with van der Waals surface area (Å²) in [6.07, 6.45) is 0.973. The molecule has 0 N–H and O–H groups in total. The third-order valence-electron chi connectivity index (χ3n) is 3.92. The van der Waals surface area contributed by atoms with Crippen molar-refractivity contribution in [2.24, 2.45) is 5.92 Å². The van der Waals surface area contributed by atoms with Gasteiger partial charge < -0.3 is 4.52 Å². The first-order chi connectivity index (χ1) is 11.6. The summed E-state index contributed by atoms with van der Waals surface area (Å²) in [5.41, 5.74) is 3.29. The van der Waals surface area contributed by atoms with E-state index in [4.69, 9.17) is 4.52 Å². The fraction of sp³-hybridized carbons (Fsp3) is 0.250. The maximum Gasteiger partial charge on any atom is 0.170 e. The minimum absolute atomic E-state index is 0.544. The van der Waals surface area contributed by atoms with Crippen molar-refractivity contribution in [3.63, 3.8) is 0 Å². The van der Waals surface area contributed by atoms with Gasteiger partial charge in [-0.1, -0.05) is 58.3 Å². The van der Waals surface area contributed by atoms with E-state index < -0.39 is 0 Å². The van der Waals surface area contributed by atoms with E-state index in [-0.39, 0.29) is 0 Å². The smallest absolute Gasteiger partial charge is 0.170 e. The van der Waals surface area contributed by atoms with Crippen LogP contribution < -0.4 is 0 Å². The van der Waals surface area contributed by atoms with Gasteiger partial charge in [-0.05, 0) is 43.5 Å². The Labute approximate surface area is 155 Å². The molecule has 2 aromatic carbocycles. The molecule has 1 unspecified atom stereocenters. The number of aromatic nitrogens is 1. The molecular weight excluding hydrogens is 382 g/mol. The van der Waals surface area contributed by atoms with Crippen LogP contribution in [0.5, 0.6) is 0 Å². The molecular formula is C20H20BrNOS. The summed E-state index contributed by atoms with van der Waals surface area (Å²) >= 11 is 5.38. The van der Waals surface area contributed by atoms with E-state index in [9.17, 15) is 0 Å². The number of hydrogen-bond donors (Lipinski definition) is 0. The zero-order chi connectivity index (χ0) is 16.9. The van der Waals surface area contributed by atoms with Crippen molar-refractivity contribution in [3.8, 4) is 11.3 Å². The molecule has 3 aromatic rings. The first kappa shape index (κ1) is 17.3. The Morgan fingerprint density at radius 1 is 1.08 bits per heavy atom. The molecule has 0 radical (unpaired) electrons. The molecule has 0 aliphatic carbocycles. The van der Waals surface area contributed by atoms with Gasteiger partial charge in [0.25, 0.3) is 0 Å². The molecule has 1 aromatic heterocycles. The van der Waals surface area contributed by atoms with Gasteiger partial charge in [0.15, 0.2) is 5.76 Å². The Balaban J connectivity index is 1.70. The van der Waals surface area contributed by atoms with Crippen molar-refractivity contribution in [2.45, 2.75) is 25.2 Å². The van der Waals surface area contributed by atoms with E-state index in [0.717, 1.165) is 33.7 Å². The summed E-state index contributed by atoms with van der Waals surface area (Å²) in [6.45, 7) is 4.31. The lowest BCUT2D eigenvalue weighted by Gasteiger charge is -2.11. The second-order valence-corrected chi connectivity index (χ2v) is 8.02. The standard InChI is InChI=1S/C20H20BrNOS/c1-14(13-24-18-6-4-3-5-7-18)12-19-15(2)22-23-20(19)16-8-10-17(21)11-9-16/h3-11,14H,12-13H2,1-2H3. The quantitative estimate of drug-likeness (QED) is 0.447. The Morgan fingerprint density at radius 3 is 2.50 bits per heavy atom. The van der Waals surface area contributed by atoms with Crippen LogP contribution in [0.3, 0.4) is 0 Å². The Bertz CT molecular complexity index is 783. The van der Waals surface area contributed by atoms with Crippen molar-refractivity contribution in [1.29, 1.82) is 0 Å². The van der Waals surface area contributed by atoms with Crippen LogP contribution >= 0.6 is 27.7 Å². The van der Waals surface area contributed by atoms with Gasteiger partial charge in [0.2, 0.25) is 0 Å². The predicted molar refractivity (Wildman–Crippen MR) is 104 cm³/mol. The highest BCUT2D eigenvalue weighted by Crippen LogP contribution is 2.30. The van der Waals surface area contributed by atoms with Gasteiger partial charge in [-0.3, -0.25) is 0 Å². The van der Waals surface area contributed by atoms with Crippen molar-refractivity contribution >= 4 is 27.7 Å². The second-order valence-electron chi connectivity index (χ2n) is 6.02. The molecule has 0 spiro atoms. The molecule has 0 saturated heterocycles. The normalized spacial score (nSPS) is 12.3. The first-order valence-electron chi connectivity index (χ1n) is 8.02. The summed E-state index contributed by atoms with van der Waals surface area (Å²) in [6, 6.07) is 18.7. The zero-order valence-corrected chi connectivity index (χ0v) is 16.2. The molecule has 124 valence electrons. The molecule has 0 saturated carbocycles. The zero-order valence-electron chi connectivity index (χ0n) is 13.8.